The van der Waals surface area contributed by atoms with Crippen LogP contribution in [0.1, 0.15) is 6.92 Å². The van der Waals surface area contributed by atoms with E-state index in [1.807, 2.05) is 61.7 Å². The van der Waals surface area contributed by atoms with E-state index in [4.69, 9.17) is 11.6 Å². The van der Waals surface area contributed by atoms with Crippen LogP contribution in [0, 0.1) is 0 Å². The zero-order valence-corrected chi connectivity index (χ0v) is 16.7. The van der Waals surface area contributed by atoms with E-state index in [0.29, 0.717) is 0 Å². The van der Waals surface area contributed by atoms with Crippen LogP contribution in [0.5, 0.6) is 0 Å². The molecule has 3 rings (SSSR count). The number of benzene rings is 2. The molecule has 1 atom stereocenters. The van der Waals surface area contributed by atoms with E-state index < -0.39 is 0 Å². The van der Waals surface area contributed by atoms with Crippen molar-refractivity contribution in [2.24, 2.45) is 0 Å². The fraction of sp³-hybridized carbons (Fsp3) is 0.350. The smallest absolute Gasteiger partial charge is 0.241 e. The Hall–Kier alpha value is -1.69. The molecule has 1 amide bonds. The van der Waals surface area contributed by atoms with Gasteiger partial charge in [0.1, 0.15) is 0 Å². The van der Waals surface area contributed by atoms with Crippen LogP contribution in [-0.4, -0.2) is 49.3 Å². The molecule has 0 saturated carbocycles. The second-order valence-electron chi connectivity index (χ2n) is 6.34. The summed E-state index contributed by atoms with van der Waals surface area (Å²) in [5.74, 6) is 0.0395. The first kappa shape index (κ1) is 19.1. The van der Waals surface area contributed by atoms with Crippen LogP contribution >= 0.6 is 23.4 Å². The summed E-state index contributed by atoms with van der Waals surface area (Å²) >= 11 is 7.94. The number of hydrogen-bond acceptors (Lipinski definition) is 4. The zero-order valence-electron chi connectivity index (χ0n) is 15.1. The number of nitrogens with zero attached hydrogens (tertiary/aromatic N) is 2. The minimum Gasteiger partial charge on any atom is -0.368 e. The maximum Gasteiger partial charge on any atom is 0.241 e. The molecule has 1 fully saturated rings. The molecule has 1 unspecified atom stereocenters. The quantitative estimate of drug-likeness (QED) is 0.777. The van der Waals surface area contributed by atoms with E-state index in [-0.39, 0.29) is 11.9 Å². The third-order valence-corrected chi connectivity index (χ3v) is 5.91. The van der Waals surface area contributed by atoms with Crippen LogP contribution in [0.4, 0.5) is 11.4 Å². The highest BCUT2D eigenvalue weighted by molar-refractivity contribution is 7.98. The Bertz CT molecular complexity index is 762. The number of anilines is 2. The lowest BCUT2D eigenvalue weighted by molar-refractivity contribution is -0.120. The van der Waals surface area contributed by atoms with Gasteiger partial charge >= 0.3 is 0 Å². The number of halogens is 1. The Balaban J connectivity index is 1.59. The molecule has 1 heterocycles. The maximum absolute atomic E-state index is 12.7. The fourth-order valence-electron chi connectivity index (χ4n) is 3.21. The summed E-state index contributed by atoms with van der Waals surface area (Å²) in [5.41, 5.74) is 1.95. The molecule has 0 spiro atoms. The SMILES string of the molecule is CSc1ccccc1NC(=O)C(C)N1CCN(c2ccccc2Cl)CC1. The molecule has 1 N–H and O–H groups in total. The molecule has 138 valence electrons. The van der Waals surface area contributed by atoms with Crippen molar-refractivity contribution in [1.82, 2.24) is 4.90 Å². The molecule has 2 aromatic carbocycles. The van der Waals surface area contributed by atoms with Crippen LogP contribution in [0.25, 0.3) is 0 Å². The largest absolute Gasteiger partial charge is 0.368 e. The van der Waals surface area contributed by atoms with Gasteiger partial charge in [0.05, 0.1) is 22.4 Å². The predicted molar refractivity (Wildman–Crippen MR) is 112 cm³/mol. The van der Waals surface area contributed by atoms with Gasteiger partial charge in [0.15, 0.2) is 0 Å². The van der Waals surface area contributed by atoms with Gasteiger partial charge in [0.2, 0.25) is 5.91 Å². The second-order valence-corrected chi connectivity index (χ2v) is 7.60. The summed E-state index contributed by atoms with van der Waals surface area (Å²) < 4.78 is 0. The first-order valence-corrected chi connectivity index (χ1v) is 10.4. The summed E-state index contributed by atoms with van der Waals surface area (Å²) in [6.45, 7) is 5.38. The molecule has 0 radical (unpaired) electrons. The Labute approximate surface area is 164 Å². The molecule has 6 heteroatoms. The van der Waals surface area contributed by atoms with Crippen molar-refractivity contribution in [2.45, 2.75) is 17.9 Å². The van der Waals surface area contributed by atoms with Gasteiger partial charge in [-0.1, -0.05) is 35.9 Å². The van der Waals surface area contributed by atoms with Gasteiger partial charge in [0, 0.05) is 31.1 Å². The van der Waals surface area contributed by atoms with E-state index in [9.17, 15) is 4.79 Å². The van der Waals surface area contributed by atoms with Crippen LogP contribution in [0.2, 0.25) is 5.02 Å². The van der Waals surface area contributed by atoms with Crippen molar-refractivity contribution < 1.29 is 4.79 Å². The number of piperazine rings is 1. The molecule has 1 aliphatic heterocycles. The Morgan fingerprint density at radius 2 is 1.73 bits per heavy atom. The van der Waals surface area contributed by atoms with Gasteiger partial charge < -0.3 is 10.2 Å². The molecule has 4 nitrogen and oxygen atoms in total. The average molecular weight is 390 g/mol. The van der Waals surface area contributed by atoms with Crippen LogP contribution in [0.15, 0.2) is 53.4 Å². The summed E-state index contributed by atoms with van der Waals surface area (Å²) in [5, 5.41) is 3.85. The van der Waals surface area contributed by atoms with E-state index in [1.54, 1.807) is 11.8 Å². The Morgan fingerprint density at radius 3 is 2.42 bits per heavy atom. The molecule has 0 aromatic heterocycles. The number of para-hydroxylation sites is 2. The van der Waals surface area contributed by atoms with Gasteiger partial charge in [-0.05, 0) is 37.4 Å². The van der Waals surface area contributed by atoms with Crippen molar-refractivity contribution >= 4 is 40.6 Å². The average Bonchev–Trinajstić information content (AvgIpc) is 2.68. The number of nitrogens with one attached hydrogen (secondary N) is 1. The highest BCUT2D eigenvalue weighted by Gasteiger charge is 2.26. The van der Waals surface area contributed by atoms with Gasteiger partial charge in [-0.25, -0.2) is 0 Å². The van der Waals surface area contributed by atoms with Crippen molar-refractivity contribution in [3.8, 4) is 0 Å². The molecular weight excluding hydrogens is 366 g/mol. The van der Waals surface area contributed by atoms with Crippen molar-refractivity contribution in [2.75, 3.05) is 42.7 Å². The second kappa shape index (κ2) is 8.80. The number of thioether (sulfide) groups is 1. The zero-order chi connectivity index (χ0) is 18.5. The lowest BCUT2D eigenvalue weighted by Gasteiger charge is -2.38. The molecule has 0 bridgehead atoms. The monoisotopic (exact) mass is 389 g/mol. The van der Waals surface area contributed by atoms with Crippen LogP contribution < -0.4 is 10.2 Å². The molecule has 1 saturated heterocycles. The summed E-state index contributed by atoms with van der Waals surface area (Å²) in [6, 6.07) is 15.7. The number of carbonyl (C=O) groups is 1. The van der Waals surface area contributed by atoms with Gasteiger partial charge in [-0.2, -0.15) is 0 Å². The first-order valence-electron chi connectivity index (χ1n) is 8.77. The predicted octanol–water partition coefficient (Wildman–Crippen LogP) is 4.21. The van der Waals surface area contributed by atoms with Crippen LogP contribution in [0.3, 0.4) is 0 Å². The number of rotatable bonds is 5. The molecule has 26 heavy (non-hydrogen) atoms. The van der Waals surface area contributed by atoms with Gasteiger partial charge in [0.25, 0.3) is 0 Å². The lowest BCUT2D eigenvalue weighted by atomic mass is 10.2. The van der Waals surface area contributed by atoms with Gasteiger partial charge in [-0.15, -0.1) is 11.8 Å². The maximum atomic E-state index is 12.7. The van der Waals surface area contributed by atoms with E-state index in [2.05, 4.69) is 15.1 Å². The third-order valence-electron chi connectivity index (χ3n) is 4.80. The highest BCUT2D eigenvalue weighted by atomic mass is 35.5. The van der Waals surface area contributed by atoms with Crippen molar-refractivity contribution in [3.05, 3.63) is 53.6 Å². The topological polar surface area (TPSA) is 35.6 Å². The number of amides is 1. The van der Waals surface area contributed by atoms with E-state index in [1.165, 1.54) is 0 Å². The summed E-state index contributed by atoms with van der Waals surface area (Å²) in [7, 11) is 0. The fourth-order valence-corrected chi connectivity index (χ4v) is 4.02. The molecule has 1 aliphatic rings. The standard InChI is InChI=1S/C20H24ClN3OS/c1-15(20(25)22-17-8-4-6-10-19(17)26-2)23-11-13-24(14-12-23)18-9-5-3-7-16(18)21/h3-10,15H,11-14H2,1-2H3,(H,22,25). The van der Waals surface area contributed by atoms with Crippen molar-refractivity contribution in [3.63, 3.8) is 0 Å². The number of carbonyl (C=O) groups excluding carboxylic acids is 1. The highest BCUT2D eigenvalue weighted by Crippen LogP contribution is 2.27. The molecular formula is C20H24ClN3OS. The minimum absolute atomic E-state index is 0.0395. The lowest BCUT2D eigenvalue weighted by Crippen LogP contribution is -2.52. The van der Waals surface area contributed by atoms with E-state index in [0.717, 1.165) is 47.5 Å². The van der Waals surface area contributed by atoms with E-state index >= 15 is 0 Å². The molecule has 2 aromatic rings. The summed E-state index contributed by atoms with van der Waals surface area (Å²) in [6.07, 6.45) is 2.02. The Kier molecular flexibility index (Phi) is 6.46. The van der Waals surface area contributed by atoms with Crippen LogP contribution in [-0.2, 0) is 4.79 Å². The summed E-state index contributed by atoms with van der Waals surface area (Å²) in [4.78, 5) is 18.3. The normalized spacial score (nSPS) is 16.3. The van der Waals surface area contributed by atoms with Gasteiger partial charge in [-0.3, -0.25) is 9.69 Å². The Morgan fingerprint density at radius 1 is 1.08 bits per heavy atom. The molecule has 0 aliphatic carbocycles. The van der Waals surface area contributed by atoms with Crippen molar-refractivity contribution in [1.29, 1.82) is 0 Å². The minimum atomic E-state index is -0.168. The third kappa shape index (κ3) is 4.34. The number of hydrogen-bond donors (Lipinski definition) is 1. The first-order chi connectivity index (χ1) is 12.6.